The molecule has 2 aromatic rings. The highest BCUT2D eigenvalue weighted by Gasteiger charge is 2.44. The third-order valence-corrected chi connectivity index (χ3v) is 6.71. The molecule has 2 heterocycles. The van der Waals surface area contributed by atoms with Gasteiger partial charge in [-0.25, -0.2) is 4.79 Å². The number of carbonyl (C=O) groups excluding carboxylic acids is 2. The molecule has 0 radical (unpaired) electrons. The summed E-state index contributed by atoms with van der Waals surface area (Å²) in [7, 11) is 4.61. The molecular formula is C26H31NO6. The van der Waals surface area contributed by atoms with Crippen LogP contribution in [0.25, 0.3) is 0 Å². The Kier molecular flexibility index (Phi) is 7.06. The van der Waals surface area contributed by atoms with Crippen molar-refractivity contribution in [1.82, 2.24) is 4.90 Å². The fourth-order valence-electron chi connectivity index (χ4n) is 5.15. The van der Waals surface area contributed by atoms with Crippen molar-refractivity contribution in [1.29, 1.82) is 0 Å². The normalized spacial score (nSPS) is 21.8. The van der Waals surface area contributed by atoms with Crippen molar-refractivity contribution in [3.05, 3.63) is 53.6 Å². The largest absolute Gasteiger partial charge is 0.493 e. The third kappa shape index (κ3) is 4.77. The minimum atomic E-state index is -0.285. The summed E-state index contributed by atoms with van der Waals surface area (Å²) in [4.78, 5) is 28.3. The average Bonchev–Trinajstić information content (AvgIpc) is 2.85. The molecule has 1 amide bonds. The molecule has 2 aliphatic heterocycles. The fourth-order valence-corrected chi connectivity index (χ4v) is 5.15. The van der Waals surface area contributed by atoms with E-state index < -0.39 is 0 Å². The second-order valence-electron chi connectivity index (χ2n) is 8.63. The van der Waals surface area contributed by atoms with E-state index in [1.54, 1.807) is 12.1 Å². The average molecular weight is 454 g/mol. The van der Waals surface area contributed by atoms with Crippen molar-refractivity contribution in [2.45, 2.75) is 50.8 Å². The minimum absolute atomic E-state index is 0.0109. The van der Waals surface area contributed by atoms with Gasteiger partial charge in [0.2, 0.25) is 5.75 Å². The molecule has 0 aromatic heterocycles. The van der Waals surface area contributed by atoms with Crippen LogP contribution in [0.1, 0.15) is 48.0 Å². The van der Waals surface area contributed by atoms with Crippen molar-refractivity contribution in [2.75, 3.05) is 21.3 Å². The molecule has 2 atom stereocenters. The SMILES string of the molecule is COc1cc(C(=O)C2CC3CCCC(C2)N3C(=O)OCc2ccccc2)cc(OC)c1OC. The summed E-state index contributed by atoms with van der Waals surface area (Å²) in [6.07, 6.45) is 3.81. The number of piperidine rings is 2. The van der Waals surface area contributed by atoms with E-state index >= 15 is 0 Å². The van der Waals surface area contributed by atoms with Crippen LogP contribution in [0.15, 0.2) is 42.5 Å². The number of carbonyl (C=O) groups is 2. The van der Waals surface area contributed by atoms with Crippen LogP contribution in [0.3, 0.4) is 0 Å². The lowest BCUT2D eigenvalue weighted by atomic mass is 9.76. The van der Waals surface area contributed by atoms with Gasteiger partial charge in [0, 0.05) is 23.6 Å². The van der Waals surface area contributed by atoms with E-state index in [1.165, 1.54) is 21.3 Å². The van der Waals surface area contributed by atoms with Crippen LogP contribution in [0.4, 0.5) is 4.79 Å². The first-order valence-corrected chi connectivity index (χ1v) is 11.4. The number of hydrogen-bond donors (Lipinski definition) is 0. The smallest absolute Gasteiger partial charge is 0.410 e. The molecule has 0 spiro atoms. The fraction of sp³-hybridized carbons (Fsp3) is 0.462. The van der Waals surface area contributed by atoms with Crippen molar-refractivity contribution >= 4 is 11.9 Å². The van der Waals surface area contributed by atoms with Crippen molar-refractivity contribution in [3.63, 3.8) is 0 Å². The molecule has 176 valence electrons. The van der Waals surface area contributed by atoms with Crippen molar-refractivity contribution in [2.24, 2.45) is 5.92 Å². The van der Waals surface area contributed by atoms with Crippen LogP contribution in [-0.4, -0.2) is 50.2 Å². The molecule has 2 saturated heterocycles. The summed E-state index contributed by atoms with van der Waals surface area (Å²) in [6, 6.07) is 13.1. The zero-order valence-corrected chi connectivity index (χ0v) is 19.4. The summed E-state index contributed by atoms with van der Waals surface area (Å²) < 4.78 is 21.8. The monoisotopic (exact) mass is 453 g/mol. The Labute approximate surface area is 194 Å². The van der Waals surface area contributed by atoms with Gasteiger partial charge in [-0.05, 0) is 49.8 Å². The van der Waals surface area contributed by atoms with Crippen LogP contribution < -0.4 is 14.2 Å². The van der Waals surface area contributed by atoms with Gasteiger partial charge in [-0.15, -0.1) is 0 Å². The molecule has 7 nitrogen and oxygen atoms in total. The lowest BCUT2D eigenvalue weighted by molar-refractivity contribution is 0.00472. The topological polar surface area (TPSA) is 74.3 Å². The van der Waals surface area contributed by atoms with E-state index in [-0.39, 0.29) is 36.5 Å². The molecule has 2 aliphatic rings. The molecule has 0 aliphatic carbocycles. The second kappa shape index (κ2) is 10.1. The highest BCUT2D eigenvalue weighted by Crippen LogP contribution is 2.42. The second-order valence-corrected chi connectivity index (χ2v) is 8.63. The molecule has 2 fully saturated rings. The summed E-state index contributed by atoms with van der Waals surface area (Å²) in [5, 5.41) is 0. The third-order valence-electron chi connectivity index (χ3n) is 6.71. The number of benzene rings is 2. The number of fused-ring (bicyclic) bond motifs is 2. The van der Waals surface area contributed by atoms with Crippen LogP contribution >= 0.6 is 0 Å². The molecule has 4 rings (SSSR count). The first-order valence-electron chi connectivity index (χ1n) is 11.4. The summed E-state index contributed by atoms with van der Waals surface area (Å²) in [6.45, 7) is 0.253. The highest BCUT2D eigenvalue weighted by molar-refractivity contribution is 5.99. The van der Waals surface area contributed by atoms with Gasteiger partial charge in [0.05, 0.1) is 21.3 Å². The molecule has 0 saturated carbocycles. The van der Waals surface area contributed by atoms with E-state index in [0.717, 1.165) is 24.8 Å². The van der Waals surface area contributed by atoms with Crippen LogP contribution in [0, 0.1) is 5.92 Å². The lowest BCUT2D eigenvalue weighted by Gasteiger charge is -2.47. The zero-order valence-electron chi connectivity index (χ0n) is 19.4. The maximum atomic E-state index is 13.5. The Morgan fingerprint density at radius 3 is 2.06 bits per heavy atom. The van der Waals surface area contributed by atoms with E-state index in [0.29, 0.717) is 35.7 Å². The molecule has 2 aromatic carbocycles. The maximum Gasteiger partial charge on any atom is 0.410 e. The van der Waals surface area contributed by atoms with Gasteiger partial charge in [-0.3, -0.25) is 4.79 Å². The number of amides is 1. The Morgan fingerprint density at radius 2 is 1.52 bits per heavy atom. The first kappa shape index (κ1) is 23.0. The van der Waals surface area contributed by atoms with E-state index in [1.807, 2.05) is 35.2 Å². The van der Waals surface area contributed by atoms with Gasteiger partial charge < -0.3 is 23.8 Å². The minimum Gasteiger partial charge on any atom is -0.493 e. The number of Topliss-reactive ketones (excluding diaryl/α,β-unsaturated/α-hetero) is 1. The molecule has 7 heteroatoms. The molecule has 0 N–H and O–H groups in total. The Morgan fingerprint density at radius 1 is 0.909 bits per heavy atom. The number of hydrogen-bond acceptors (Lipinski definition) is 6. The molecule has 2 unspecified atom stereocenters. The number of rotatable bonds is 7. The predicted molar refractivity (Wildman–Crippen MR) is 123 cm³/mol. The van der Waals surface area contributed by atoms with E-state index in [4.69, 9.17) is 18.9 Å². The molecule has 33 heavy (non-hydrogen) atoms. The standard InChI is InChI=1S/C26H31NO6/c1-30-22-14-19(15-23(31-2)25(22)32-3)24(28)18-12-20-10-7-11-21(13-18)27(20)26(29)33-16-17-8-5-4-6-9-17/h4-6,8-9,14-15,18,20-21H,7,10-13,16H2,1-3H3. The van der Waals surface area contributed by atoms with Crippen LogP contribution in [-0.2, 0) is 11.3 Å². The van der Waals surface area contributed by atoms with Crippen LogP contribution in [0.2, 0.25) is 0 Å². The summed E-state index contributed by atoms with van der Waals surface area (Å²) in [5.41, 5.74) is 1.50. The van der Waals surface area contributed by atoms with Crippen molar-refractivity contribution in [3.8, 4) is 17.2 Å². The van der Waals surface area contributed by atoms with E-state index in [2.05, 4.69) is 0 Å². The van der Waals surface area contributed by atoms with Crippen LogP contribution in [0.5, 0.6) is 17.2 Å². The lowest BCUT2D eigenvalue weighted by Crippen LogP contribution is -2.55. The Hall–Kier alpha value is -3.22. The van der Waals surface area contributed by atoms with Crippen molar-refractivity contribution < 1.29 is 28.5 Å². The predicted octanol–water partition coefficient (Wildman–Crippen LogP) is 4.87. The van der Waals surface area contributed by atoms with Gasteiger partial charge in [-0.1, -0.05) is 30.3 Å². The first-order chi connectivity index (χ1) is 16.0. The Bertz CT molecular complexity index is 953. The number of ether oxygens (including phenoxy) is 4. The zero-order chi connectivity index (χ0) is 23.4. The van der Waals surface area contributed by atoms with Gasteiger partial charge in [0.25, 0.3) is 0 Å². The quantitative estimate of drug-likeness (QED) is 0.557. The maximum absolute atomic E-state index is 13.5. The van der Waals surface area contributed by atoms with Gasteiger partial charge in [-0.2, -0.15) is 0 Å². The van der Waals surface area contributed by atoms with Gasteiger partial charge >= 0.3 is 6.09 Å². The molecular weight excluding hydrogens is 422 g/mol. The van der Waals surface area contributed by atoms with E-state index in [9.17, 15) is 9.59 Å². The number of methoxy groups -OCH3 is 3. The summed E-state index contributed by atoms with van der Waals surface area (Å²) in [5.74, 6) is 1.26. The number of nitrogens with zero attached hydrogens (tertiary/aromatic N) is 1. The van der Waals surface area contributed by atoms with Gasteiger partial charge in [0.15, 0.2) is 17.3 Å². The number of ketones is 1. The molecule has 2 bridgehead atoms. The Balaban J connectivity index is 1.48. The highest BCUT2D eigenvalue weighted by atomic mass is 16.6. The summed E-state index contributed by atoms with van der Waals surface area (Å²) >= 11 is 0. The van der Waals surface area contributed by atoms with Gasteiger partial charge in [0.1, 0.15) is 6.61 Å².